The summed E-state index contributed by atoms with van der Waals surface area (Å²) in [5, 5.41) is 13.8. The van der Waals surface area contributed by atoms with Gasteiger partial charge in [-0.25, -0.2) is 4.79 Å². The molecule has 3 aromatic rings. The first-order chi connectivity index (χ1) is 17.8. The zero-order chi connectivity index (χ0) is 26.3. The number of hydrogen-bond acceptors (Lipinski definition) is 8. The van der Waals surface area contributed by atoms with E-state index in [1.807, 2.05) is 17.5 Å². The fraction of sp³-hybridized carbons (Fsp3) is 0.346. The number of benzene rings is 1. The molecule has 2 aromatic heterocycles. The van der Waals surface area contributed by atoms with Crippen LogP contribution in [0.25, 0.3) is 11.0 Å². The summed E-state index contributed by atoms with van der Waals surface area (Å²) in [6, 6.07) is 7.35. The van der Waals surface area contributed by atoms with Gasteiger partial charge in [0.2, 0.25) is 5.78 Å². The predicted molar refractivity (Wildman–Crippen MR) is 137 cm³/mol. The Morgan fingerprint density at radius 1 is 1.24 bits per heavy atom. The number of aliphatic hydroxyl groups is 1. The van der Waals surface area contributed by atoms with Gasteiger partial charge in [-0.05, 0) is 43.3 Å². The van der Waals surface area contributed by atoms with Crippen LogP contribution in [-0.4, -0.2) is 65.5 Å². The molecule has 1 fully saturated rings. The van der Waals surface area contributed by atoms with Crippen LogP contribution >= 0.6 is 22.9 Å². The lowest BCUT2D eigenvalue weighted by molar-refractivity contribution is -0.132. The molecule has 0 bridgehead atoms. The predicted octanol–water partition coefficient (Wildman–Crippen LogP) is 5.36. The van der Waals surface area contributed by atoms with Crippen LogP contribution in [0, 0.1) is 0 Å². The van der Waals surface area contributed by atoms with E-state index in [1.165, 1.54) is 24.5 Å². The maximum atomic E-state index is 13.8. The minimum Gasteiger partial charge on any atom is -0.503 e. The van der Waals surface area contributed by atoms with E-state index in [4.69, 9.17) is 25.5 Å². The van der Waals surface area contributed by atoms with Crippen molar-refractivity contribution in [2.75, 3.05) is 26.8 Å². The Hall–Kier alpha value is -3.50. The number of furan rings is 1. The van der Waals surface area contributed by atoms with Gasteiger partial charge < -0.3 is 28.8 Å². The Morgan fingerprint density at radius 3 is 2.65 bits per heavy atom. The van der Waals surface area contributed by atoms with Gasteiger partial charge in [0.25, 0.3) is 5.91 Å². The van der Waals surface area contributed by atoms with Crippen LogP contribution in [0.1, 0.15) is 41.2 Å². The number of carbonyl (C=O) groups excluding carboxylic acids is 3. The average molecular weight is 545 g/mol. The van der Waals surface area contributed by atoms with Crippen molar-refractivity contribution in [2.45, 2.75) is 31.8 Å². The van der Waals surface area contributed by atoms with Crippen LogP contribution in [0.5, 0.6) is 5.75 Å². The van der Waals surface area contributed by atoms with E-state index in [2.05, 4.69) is 0 Å². The fourth-order valence-corrected chi connectivity index (χ4v) is 6.03. The van der Waals surface area contributed by atoms with E-state index >= 15 is 0 Å². The van der Waals surface area contributed by atoms with Gasteiger partial charge in [0.1, 0.15) is 6.04 Å². The van der Waals surface area contributed by atoms with Crippen LogP contribution in [0.3, 0.4) is 0 Å². The highest BCUT2D eigenvalue weighted by Gasteiger charge is 2.48. The number of ketones is 1. The quantitative estimate of drug-likeness (QED) is 0.416. The first kappa shape index (κ1) is 25.2. The zero-order valence-electron chi connectivity index (χ0n) is 20.2. The molecule has 11 heteroatoms. The van der Waals surface area contributed by atoms with Crippen LogP contribution in [0.4, 0.5) is 4.79 Å². The van der Waals surface area contributed by atoms with E-state index in [0.29, 0.717) is 47.7 Å². The number of amides is 2. The summed E-state index contributed by atoms with van der Waals surface area (Å²) in [6.45, 7) is 2.84. The number of ether oxygens (including phenoxy) is 2. The molecule has 194 valence electrons. The molecule has 2 aliphatic rings. The van der Waals surface area contributed by atoms with Crippen molar-refractivity contribution in [3.63, 3.8) is 0 Å². The molecule has 1 unspecified atom stereocenters. The van der Waals surface area contributed by atoms with Crippen molar-refractivity contribution >= 4 is 51.7 Å². The van der Waals surface area contributed by atoms with Gasteiger partial charge in [-0.3, -0.25) is 9.59 Å². The van der Waals surface area contributed by atoms with Gasteiger partial charge in [-0.15, -0.1) is 11.3 Å². The van der Waals surface area contributed by atoms with Crippen molar-refractivity contribution < 1.29 is 33.4 Å². The fourth-order valence-electron chi connectivity index (χ4n) is 4.98. The number of hydrogen-bond donors (Lipinski definition) is 1. The summed E-state index contributed by atoms with van der Waals surface area (Å²) >= 11 is 7.56. The molecular weight excluding hydrogens is 520 g/mol. The normalized spacial score (nSPS) is 18.7. The Balaban J connectivity index is 1.48. The maximum Gasteiger partial charge on any atom is 0.409 e. The molecule has 2 amide bonds. The number of Topliss-reactive ketones (excluding diaryl/α,β-unsaturated/α-hetero) is 1. The third kappa shape index (κ3) is 4.44. The Morgan fingerprint density at radius 2 is 2.00 bits per heavy atom. The molecule has 2 aliphatic heterocycles. The van der Waals surface area contributed by atoms with E-state index in [0.717, 1.165) is 4.88 Å². The van der Waals surface area contributed by atoms with E-state index in [1.54, 1.807) is 28.9 Å². The maximum absolute atomic E-state index is 13.8. The Bertz CT molecular complexity index is 1390. The summed E-state index contributed by atoms with van der Waals surface area (Å²) in [5.74, 6) is -1.47. The van der Waals surface area contributed by atoms with E-state index in [-0.39, 0.29) is 30.1 Å². The standard InChI is InChI=1S/C26H25ClN2O7S/c1-3-35-26(33)28-8-6-16(7-9-28)29-21(19-5-4-10-37-19)20(23(31)25(29)32)22(30)17-12-14-11-15(27)13-18(34-2)24(14)36-17/h4-5,10-13,16,21,31H,3,6-9H2,1-2H3. The van der Waals surface area contributed by atoms with Crippen LogP contribution in [0.2, 0.25) is 5.02 Å². The number of methoxy groups -OCH3 is 1. The van der Waals surface area contributed by atoms with Gasteiger partial charge in [0.15, 0.2) is 22.9 Å². The summed E-state index contributed by atoms with van der Waals surface area (Å²) in [7, 11) is 1.47. The molecule has 1 atom stereocenters. The lowest BCUT2D eigenvalue weighted by atomic mass is 9.97. The molecule has 37 heavy (non-hydrogen) atoms. The molecule has 1 aromatic carbocycles. The van der Waals surface area contributed by atoms with E-state index in [9.17, 15) is 19.5 Å². The van der Waals surface area contributed by atoms with Crippen LogP contribution in [-0.2, 0) is 9.53 Å². The molecule has 4 heterocycles. The second-order valence-electron chi connectivity index (χ2n) is 8.78. The number of fused-ring (bicyclic) bond motifs is 1. The summed E-state index contributed by atoms with van der Waals surface area (Å²) < 4.78 is 16.3. The minimum atomic E-state index is -0.780. The smallest absolute Gasteiger partial charge is 0.409 e. The van der Waals surface area contributed by atoms with Gasteiger partial charge in [-0.1, -0.05) is 17.7 Å². The number of piperidine rings is 1. The molecule has 0 aliphatic carbocycles. The molecule has 1 saturated heterocycles. The first-order valence-electron chi connectivity index (χ1n) is 11.9. The van der Waals surface area contributed by atoms with Crippen LogP contribution in [0.15, 0.2) is 51.5 Å². The third-order valence-corrected chi connectivity index (χ3v) is 7.82. The molecule has 0 saturated carbocycles. The number of nitrogens with zero attached hydrogens (tertiary/aromatic N) is 2. The SMILES string of the molecule is CCOC(=O)N1CCC(N2C(=O)C(O)=C(C(=O)c3cc4cc(Cl)cc(OC)c4o3)C2c2cccs2)CC1. The van der Waals surface area contributed by atoms with Gasteiger partial charge >= 0.3 is 6.09 Å². The Kier molecular flexibility index (Phi) is 6.87. The second-order valence-corrected chi connectivity index (χ2v) is 10.2. The second kappa shape index (κ2) is 10.1. The number of carbonyl (C=O) groups is 3. The minimum absolute atomic E-state index is 0.0366. The van der Waals surface area contributed by atoms with E-state index < -0.39 is 23.5 Å². The zero-order valence-corrected chi connectivity index (χ0v) is 21.8. The third-order valence-electron chi connectivity index (χ3n) is 6.68. The highest BCUT2D eigenvalue weighted by molar-refractivity contribution is 7.10. The number of thiophene rings is 1. The molecule has 1 N–H and O–H groups in total. The highest BCUT2D eigenvalue weighted by atomic mass is 35.5. The van der Waals surface area contributed by atoms with Gasteiger partial charge in [-0.2, -0.15) is 0 Å². The number of aliphatic hydroxyl groups excluding tert-OH is 1. The number of halogens is 1. The number of rotatable bonds is 6. The summed E-state index contributed by atoms with van der Waals surface area (Å²) in [4.78, 5) is 43.2. The monoisotopic (exact) mass is 544 g/mol. The molecule has 5 rings (SSSR count). The largest absolute Gasteiger partial charge is 0.503 e. The van der Waals surface area contributed by atoms with Crippen molar-refractivity contribution in [1.82, 2.24) is 9.80 Å². The summed E-state index contributed by atoms with van der Waals surface area (Å²) in [5.41, 5.74) is 0.305. The number of likely N-dealkylation sites (tertiary alicyclic amines) is 1. The van der Waals surface area contributed by atoms with Crippen LogP contribution < -0.4 is 4.74 Å². The molecule has 0 spiro atoms. The van der Waals surface area contributed by atoms with Gasteiger partial charge in [0, 0.05) is 40.5 Å². The topological polar surface area (TPSA) is 110 Å². The van der Waals surface area contributed by atoms with Crippen molar-refractivity contribution in [1.29, 1.82) is 0 Å². The summed E-state index contributed by atoms with van der Waals surface area (Å²) in [6.07, 6.45) is 0.587. The van der Waals surface area contributed by atoms with Crippen molar-refractivity contribution in [3.8, 4) is 5.75 Å². The first-order valence-corrected chi connectivity index (χ1v) is 13.1. The van der Waals surface area contributed by atoms with Crippen molar-refractivity contribution in [2.24, 2.45) is 0 Å². The lowest BCUT2D eigenvalue weighted by Crippen LogP contribution is -2.48. The molecule has 0 radical (unpaired) electrons. The highest BCUT2D eigenvalue weighted by Crippen LogP contribution is 2.44. The Labute approximate surface area is 221 Å². The average Bonchev–Trinajstić information content (AvgIpc) is 3.62. The van der Waals surface area contributed by atoms with Gasteiger partial charge in [0.05, 0.1) is 19.3 Å². The molecular formula is C26H25ClN2O7S. The molecule has 9 nitrogen and oxygen atoms in total. The van der Waals surface area contributed by atoms with Crippen molar-refractivity contribution in [3.05, 3.63) is 62.7 Å². The lowest BCUT2D eigenvalue weighted by Gasteiger charge is -2.39.